The minimum Gasteiger partial charge on any atom is -0.423 e. The number of nitrogens with one attached hydrogen (secondary N) is 2. The first-order chi connectivity index (χ1) is 12.8. The fourth-order valence-corrected chi connectivity index (χ4v) is 5.77. The van der Waals surface area contributed by atoms with Crippen LogP contribution in [0.4, 0.5) is 0 Å². The number of rotatable bonds is 3. The van der Waals surface area contributed by atoms with Crippen LogP contribution in [0, 0.1) is 5.41 Å². The molecule has 4 rings (SSSR count). The molecule has 140 valence electrons. The van der Waals surface area contributed by atoms with Crippen LogP contribution in [0.1, 0.15) is 25.6 Å². The molecule has 2 aromatic heterocycles. The topological polar surface area (TPSA) is 74.8 Å². The first-order valence-corrected chi connectivity index (χ1v) is 10.6. The van der Waals surface area contributed by atoms with Crippen LogP contribution >= 0.6 is 34.7 Å². The summed E-state index contributed by atoms with van der Waals surface area (Å²) >= 11 is 10.1. The van der Waals surface area contributed by atoms with Crippen LogP contribution in [0.5, 0.6) is 0 Å². The molecular formula is C19H19ClN4OS2. The van der Waals surface area contributed by atoms with Gasteiger partial charge in [-0.05, 0) is 44.5 Å². The lowest BCUT2D eigenvalue weighted by atomic mass is 10.00. The average Bonchev–Trinajstić information content (AvgIpc) is 3.29. The van der Waals surface area contributed by atoms with E-state index in [1.807, 2.05) is 30.3 Å². The van der Waals surface area contributed by atoms with E-state index in [-0.39, 0.29) is 10.3 Å². The molecule has 8 heteroatoms. The Morgan fingerprint density at radius 2 is 2.00 bits per heavy atom. The monoisotopic (exact) mass is 418 g/mol. The normalized spacial score (nSPS) is 21.9. The highest BCUT2D eigenvalue weighted by atomic mass is 35.5. The Hall–Kier alpha value is -1.83. The molecule has 1 aromatic carbocycles. The Bertz CT molecular complexity index is 999. The van der Waals surface area contributed by atoms with Crippen molar-refractivity contribution >= 4 is 40.5 Å². The lowest BCUT2D eigenvalue weighted by Crippen LogP contribution is -2.56. The molecule has 0 amide bonds. The number of nitrogens with zero attached hydrogens (tertiary/aromatic N) is 2. The molecule has 0 unspecified atom stereocenters. The predicted octanol–water partition coefficient (Wildman–Crippen LogP) is 5.43. The lowest BCUT2D eigenvalue weighted by Gasteiger charge is -2.42. The van der Waals surface area contributed by atoms with E-state index in [2.05, 4.69) is 36.3 Å². The summed E-state index contributed by atoms with van der Waals surface area (Å²) in [6, 6.07) is 9.97. The summed E-state index contributed by atoms with van der Waals surface area (Å²) in [5.41, 5.74) is 1.56. The number of amidine groups is 1. The molecule has 0 bridgehead atoms. The smallest absolute Gasteiger partial charge is 0.247 e. The van der Waals surface area contributed by atoms with Gasteiger partial charge in [-0.3, -0.25) is 5.41 Å². The van der Waals surface area contributed by atoms with E-state index in [9.17, 15) is 0 Å². The van der Waals surface area contributed by atoms with Crippen molar-refractivity contribution in [3.63, 3.8) is 0 Å². The van der Waals surface area contributed by atoms with Crippen molar-refractivity contribution in [3.8, 4) is 21.9 Å². The van der Waals surface area contributed by atoms with Gasteiger partial charge in [0.2, 0.25) is 12.3 Å². The molecule has 27 heavy (non-hydrogen) atoms. The largest absolute Gasteiger partial charge is 0.423 e. The van der Waals surface area contributed by atoms with E-state index in [1.165, 1.54) is 6.39 Å². The van der Waals surface area contributed by atoms with Gasteiger partial charge >= 0.3 is 0 Å². The average molecular weight is 419 g/mol. The Morgan fingerprint density at radius 3 is 2.70 bits per heavy atom. The lowest BCUT2D eigenvalue weighted by molar-refractivity contribution is 0.483. The SMILES string of the molecule is CC1(C)SC[C@@](C)(c2sc(-c3cccc(-c4nnco4)c3)cc2Cl)NC1=N. The van der Waals surface area contributed by atoms with Crippen LogP contribution in [-0.2, 0) is 5.54 Å². The second-order valence-corrected chi connectivity index (χ2v) is 10.3. The second kappa shape index (κ2) is 6.65. The van der Waals surface area contributed by atoms with Crippen LogP contribution in [0.15, 0.2) is 41.1 Å². The van der Waals surface area contributed by atoms with E-state index >= 15 is 0 Å². The third-order valence-electron chi connectivity index (χ3n) is 4.67. The van der Waals surface area contributed by atoms with Crippen LogP contribution in [0.25, 0.3) is 21.9 Å². The van der Waals surface area contributed by atoms with Crippen molar-refractivity contribution < 1.29 is 4.42 Å². The van der Waals surface area contributed by atoms with E-state index in [0.29, 0.717) is 11.7 Å². The molecule has 1 saturated heterocycles. The van der Waals surface area contributed by atoms with Crippen molar-refractivity contribution in [1.29, 1.82) is 5.41 Å². The maximum atomic E-state index is 8.35. The highest BCUT2D eigenvalue weighted by Crippen LogP contribution is 2.45. The third-order valence-corrected chi connectivity index (χ3v) is 8.17. The fourth-order valence-electron chi connectivity index (χ4n) is 2.97. The standard InChI is InChI=1S/C19H19ClN4OS2/c1-18(2)17(21)23-19(3,9-26-18)15-13(20)8-14(27-15)11-5-4-6-12(7-11)16-24-22-10-25-16/h4-8,10H,9H2,1-3H3,(H2,21,23)/t19-/m0/s1. The number of hydrogen-bond donors (Lipinski definition) is 2. The maximum Gasteiger partial charge on any atom is 0.247 e. The van der Waals surface area contributed by atoms with Gasteiger partial charge in [-0.15, -0.1) is 33.3 Å². The number of halogens is 1. The van der Waals surface area contributed by atoms with E-state index in [0.717, 1.165) is 31.7 Å². The Kier molecular flexibility index (Phi) is 4.56. The first kappa shape index (κ1) is 18.5. The van der Waals surface area contributed by atoms with Crippen molar-refractivity contribution in [2.75, 3.05) is 5.75 Å². The van der Waals surface area contributed by atoms with E-state index < -0.39 is 0 Å². The highest BCUT2D eigenvalue weighted by molar-refractivity contribution is 8.01. The first-order valence-electron chi connectivity index (χ1n) is 8.46. The quantitative estimate of drug-likeness (QED) is 0.593. The van der Waals surface area contributed by atoms with Crippen molar-refractivity contribution in [1.82, 2.24) is 15.5 Å². The second-order valence-electron chi connectivity index (χ2n) is 7.24. The van der Waals surface area contributed by atoms with Crippen molar-refractivity contribution in [2.45, 2.75) is 31.1 Å². The summed E-state index contributed by atoms with van der Waals surface area (Å²) in [5.74, 6) is 1.88. The van der Waals surface area contributed by atoms with Crippen LogP contribution < -0.4 is 5.32 Å². The molecule has 3 aromatic rings. The predicted molar refractivity (Wildman–Crippen MR) is 113 cm³/mol. The summed E-state index contributed by atoms with van der Waals surface area (Å²) in [4.78, 5) is 2.12. The Balaban J connectivity index is 1.68. The molecule has 2 N–H and O–H groups in total. The Morgan fingerprint density at radius 1 is 1.22 bits per heavy atom. The van der Waals surface area contributed by atoms with Gasteiger partial charge in [0.25, 0.3) is 0 Å². The molecule has 0 radical (unpaired) electrons. The van der Waals surface area contributed by atoms with Gasteiger partial charge < -0.3 is 9.73 Å². The number of thioether (sulfide) groups is 1. The van der Waals surface area contributed by atoms with E-state index in [4.69, 9.17) is 21.4 Å². The van der Waals surface area contributed by atoms with Gasteiger partial charge in [-0.25, -0.2) is 0 Å². The molecule has 3 heterocycles. The zero-order valence-corrected chi connectivity index (χ0v) is 17.6. The molecule has 1 aliphatic rings. The number of aromatic nitrogens is 2. The molecule has 0 saturated carbocycles. The van der Waals surface area contributed by atoms with Gasteiger partial charge in [-0.1, -0.05) is 23.7 Å². The maximum absolute atomic E-state index is 8.35. The minimum absolute atomic E-state index is 0.204. The number of thiophene rings is 1. The molecule has 0 aliphatic carbocycles. The van der Waals surface area contributed by atoms with Gasteiger partial charge in [0.05, 0.1) is 15.3 Å². The summed E-state index contributed by atoms with van der Waals surface area (Å²) in [6.45, 7) is 6.24. The molecule has 5 nitrogen and oxygen atoms in total. The van der Waals surface area contributed by atoms with Crippen LogP contribution in [-0.4, -0.2) is 26.5 Å². The third kappa shape index (κ3) is 3.39. The molecule has 0 spiro atoms. The number of benzene rings is 1. The van der Waals surface area contributed by atoms with Crippen LogP contribution in [0.3, 0.4) is 0 Å². The van der Waals surface area contributed by atoms with Gasteiger partial charge in [0.1, 0.15) is 5.84 Å². The van der Waals surface area contributed by atoms with Crippen LogP contribution in [0.2, 0.25) is 5.02 Å². The van der Waals surface area contributed by atoms with Crippen molar-refractivity contribution in [2.24, 2.45) is 0 Å². The summed E-state index contributed by atoms with van der Waals surface area (Å²) < 4.78 is 5.10. The highest BCUT2D eigenvalue weighted by Gasteiger charge is 2.42. The van der Waals surface area contributed by atoms with Gasteiger partial charge in [0.15, 0.2) is 0 Å². The summed E-state index contributed by atoms with van der Waals surface area (Å²) in [7, 11) is 0. The van der Waals surface area contributed by atoms with E-state index in [1.54, 1.807) is 23.1 Å². The van der Waals surface area contributed by atoms with Gasteiger partial charge in [0, 0.05) is 21.1 Å². The van der Waals surface area contributed by atoms with Crippen molar-refractivity contribution in [3.05, 3.63) is 46.6 Å². The zero-order valence-electron chi connectivity index (χ0n) is 15.2. The summed E-state index contributed by atoms with van der Waals surface area (Å²) in [5, 5.41) is 20.2. The fraction of sp³-hybridized carbons (Fsp3) is 0.316. The Labute approximate surface area is 171 Å². The zero-order chi connectivity index (χ0) is 19.2. The number of hydrogen-bond acceptors (Lipinski definition) is 6. The molecule has 1 fully saturated rings. The molecule has 1 aliphatic heterocycles. The minimum atomic E-state index is -0.360. The molecule has 1 atom stereocenters. The molecular weight excluding hydrogens is 400 g/mol. The summed E-state index contributed by atoms with van der Waals surface area (Å²) in [6.07, 6.45) is 1.33. The van der Waals surface area contributed by atoms with Gasteiger partial charge in [-0.2, -0.15) is 0 Å².